The number of amides is 1. The third kappa shape index (κ3) is 5.50. The minimum absolute atomic E-state index is 0.0529. The van der Waals surface area contributed by atoms with Gasteiger partial charge in [0.05, 0.1) is 10.6 Å². The van der Waals surface area contributed by atoms with E-state index in [9.17, 15) is 18.5 Å². The number of halogens is 2. The van der Waals surface area contributed by atoms with E-state index in [0.717, 1.165) is 0 Å². The third-order valence-corrected chi connectivity index (χ3v) is 6.70. The lowest BCUT2D eigenvalue weighted by atomic mass is 10.0. The van der Waals surface area contributed by atoms with Gasteiger partial charge in [0.1, 0.15) is 11.6 Å². The average molecular weight is 594 g/mol. The molecule has 1 atom stereocenters. The molecule has 3 aromatic carbocycles. The maximum absolute atomic E-state index is 14.9. The van der Waals surface area contributed by atoms with Gasteiger partial charge in [0.25, 0.3) is 5.91 Å². The number of amidine groups is 1. The lowest BCUT2D eigenvalue weighted by Crippen LogP contribution is -2.14. The second-order valence-electron chi connectivity index (χ2n) is 7.06. The number of carbonyl (C=O) groups excluding carboxylic acids is 1. The first-order valence-electron chi connectivity index (χ1n) is 9.67. The Morgan fingerprint density at radius 2 is 1.88 bits per heavy atom. The van der Waals surface area contributed by atoms with Crippen molar-refractivity contribution in [2.75, 3.05) is 5.32 Å². The van der Waals surface area contributed by atoms with Gasteiger partial charge in [-0.3, -0.25) is 10.2 Å². The molecule has 0 aromatic heterocycles. The molecule has 3 aromatic rings. The van der Waals surface area contributed by atoms with Crippen molar-refractivity contribution in [3.63, 3.8) is 0 Å². The van der Waals surface area contributed by atoms with E-state index in [-0.39, 0.29) is 28.3 Å². The van der Waals surface area contributed by atoms with Crippen LogP contribution in [0.25, 0.3) is 16.7 Å². The molecule has 0 aliphatic rings. The summed E-state index contributed by atoms with van der Waals surface area (Å²) in [5.74, 6) is 2.46. The van der Waals surface area contributed by atoms with E-state index < -0.39 is 22.8 Å². The largest absolute Gasteiger partial charge is 0.507 e. The normalized spacial score (nSPS) is 12.6. The molecule has 176 valence electrons. The van der Waals surface area contributed by atoms with Gasteiger partial charge in [-0.15, -0.1) is 0 Å². The van der Waals surface area contributed by atoms with Gasteiger partial charge in [-0.2, -0.15) is 10.2 Å². The lowest BCUT2D eigenvalue weighted by molar-refractivity contribution is -0.114. The number of phenolic OH excluding ortho intramolecular Hbond substituents is 1. The van der Waals surface area contributed by atoms with Crippen molar-refractivity contribution in [3.05, 3.63) is 81.2 Å². The highest BCUT2D eigenvalue weighted by Crippen LogP contribution is 2.32. The Balaban J connectivity index is 1.90. The summed E-state index contributed by atoms with van der Waals surface area (Å²) < 4.78 is 32.1. The van der Waals surface area contributed by atoms with Crippen LogP contribution in [0, 0.1) is 8.98 Å². The number of hydrogen-bond acceptors (Lipinski definition) is 6. The molecule has 0 fully saturated rings. The fourth-order valence-electron chi connectivity index (χ4n) is 3.16. The van der Waals surface area contributed by atoms with Crippen LogP contribution in [0.15, 0.2) is 71.4 Å². The molecule has 1 unspecified atom stereocenters. The molecular weight excluding hydrogens is 574 g/mol. The number of carbonyl (C=O) groups is 1. The SMILES string of the molecule is CC(=C(F)C(=O)Nc1ccc(-c2ccccc2S(=O)ON)cc1I)c1cc(C(=N)N)ccc1O. The van der Waals surface area contributed by atoms with Crippen LogP contribution in [0.5, 0.6) is 5.75 Å². The number of hydrogen-bond donors (Lipinski definition) is 5. The van der Waals surface area contributed by atoms with Crippen molar-refractivity contribution >= 4 is 56.7 Å². The maximum atomic E-state index is 14.9. The Kier molecular flexibility index (Phi) is 8.15. The summed E-state index contributed by atoms with van der Waals surface area (Å²) in [6.45, 7) is 1.35. The molecule has 0 saturated carbocycles. The monoisotopic (exact) mass is 594 g/mol. The van der Waals surface area contributed by atoms with Gasteiger partial charge < -0.3 is 16.2 Å². The quantitative estimate of drug-likeness (QED) is 0.0910. The molecule has 0 aliphatic heterocycles. The second kappa shape index (κ2) is 10.9. The van der Waals surface area contributed by atoms with Gasteiger partial charge in [-0.05, 0) is 71.5 Å². The summed E-state index contributed by atoms with van der Waals surface area (Å²) in [6.07, 6.45) is 0. The summed E-state index contributed by atoms with van der Waals surface area (Å²) in [5, 5.41) is 20.1. The first-order valence-corrected chi connectivity index (χ1v) is 11.8. The van der Waals surface area contributed by atoms with Crippen molar-refractivity contribution in [1.29, 1.82) is 5.41 Å². The zero-order chi connectivity index (χ0) is 25.0. The molecule has 34 heavy (non-hydrogen) atoms. The Hall–Kier alpha value is -3.13. The highest BCUT2D eigenvalue weighted by Gasteiger charge is 2.19. The molecule has 0 saturated heterocycles. The number of allylic oxidation sites excluding steroid dienone is 1. The fourth-order valence-corrected chi connectivity index (χ4v) is 4.46. The van der Waals surface area contributed by atoms with Gasteiger partial charge >= 0.3 is 0 Å². The van der Waals surface area contributed by atoms with Crippen LogP contribution in [-0.4, -0.2) is 21.1 Å². The molecule has 0 spiro atoms. The maximum Gasteiger partial charge on any atom is 0.284 e. The third-order valence-electron chi connectivity index (χ3n) is 4.92. The zero-order valence-corrected chi connectivity index (χ0v) is 20.7. The minimum atomic E-state index is -1.85. The van der Waals surface area contributed by atoms with Gasteiger partial charge in [0.15, 0.2) is 5.83 Å². The predicted molar refractivity (Wildman–Crippen MR) is 138 cm³/mol. The fraction of sp³-hybridized carbons (Fsp3) is 0.0435. The molecule has 0 radical (unpaired) electrons. The van der Waals surface area contributed by atoms with E-state index in [1.165, 1.54) is 25.1 Å². The smallest absolute Gasteiger partial charge is 0.284 e. The van der Waals surface area contributed by atoms with Gasteiger partial charge in [-0.25, -0.2) is 8.60 Å². The van der Waals surface area contributed by atoms with E-state index in [0.29, 0.717) is 25.3 Å². The van der Waals surface area contributed by atoms with E-state index in [1.807, 2.05) is 22.6 Å². The van der Waals surface area contributed by atoms with Crippen molar-refractivity contribution < 1.29 is 22.8 Å². The first-order chi connectivity index (χ1) is 16.1. The Labute approximate surface area is 211 Å². The number of rotatable bonds is 7. The lowest BCUT2D eigenvalue weighted by Gasteiger charge is -2.12. The molecule has 0 bridgehead atoms. The van der Waals surface area contributed by atoms with Crippen molar-refractivity contribution in [3.8, 4) is 16.9 Å². The number of nitrogen functional groups attached to an aromatic ring is 1. The number of nitrogens with two attached hydrogens (primary N) is 2. The van der Waals surface area contributed by atoms with E-state index in [2.05, 4.69) is 9.60 Å². The highest BCUT2D eigenvalue weighted by molar-refractivity contribution is 14.1. The first kappa shape index (κ1) is 25.5. The second-order valence-corrected chi connectivity index (χ2v) is 9.32. The Morgan fingerprint density at radius 3 is 2.53 bits per heavy atom. The molecule has 1 amide bonds. The Bertz CT molecular complexity index is 1350. The predicted octanol–water partition coefficient (Wildman–Crippen LogP) is 4.20. The molecule has 0 aliphatic carbocycles. The summed E-state index contributed by atoms with van der Waals surface area (Å²) in [5.41, 5.74) is 7.37. The topological polar surface area (TPSA) is 152 Å². The number of nitrogens with one attached hydrogen (secondary N) is 2. The van der Waals surface area contributed by atoms with Crippen LogP contribution in [-0.2, 0) is 20.2 Å². The summed E-state index contributed by atoms with van der Waals surface area (Å²) in [6, 6.07) is 15.9. The van der Waals surface area contributed by atoms with Crippen molar-refractivity contribution in [2.24, 2.45) is 11.6 Å². The van der Waals surface area contributed by atoms with Crippen LogP contribution >= 0.6 is 22.6 Å². The summed E-state index contributed by atoms with van der Waals surface area (Å²) in [4.78, 5) is 13.0. The zero-order valence-electron chi connectivity index (χ0n) is 17.8. The highest BCUT2D eigenvalue weighted by atomic mass is 127. The van der Waals surface area contributed by atoms with Crippen LogP contribution in [0.2, 0.25) is 0 Å². The van der Waals surface area contributed by atoms with Crippen LogP contribution in [0.4, 0.5) is 10.1 Å². The molecule has 11 heteroatoms. The van der Waals surface area contributed by atoms with E-state index >= 15 is 0 Å². The van der Waals surface area contributed by atoms with Crippen molar-refractivity contribution in [1.82, 2.24) is 0 Å². The molecule has 3 rings (SSSR count). The van der Waals surface area contributed by atoms with Gasteiger partial charge in [0.2, 0.25) is 11.1 Å². The minimum Gasteiger partial charge on any atom is -0.507 e. The van der Waals surface area contributed by atoms with Crippen LogP contribution < -0.4 is 16.9 Å². The van der Waals surface area contributed by atoms with E-state index in [1.54, 1.807) is 42.5 Å². The summed E-state index contributed by atoms with van der Waals surface area (Å²) in [7, 11) is 0. The van der Waals surface area contributed by atoms with Crippen LogP contribution in [0.1, 0.15) is 18.1 Å². The van der Waals surface area contributed by atoms with Gasteiger partial charge in [0, 0.05) is 25.8 Å². The standard InChI is InChI=1S/C23H20FIN4O4S/c1-12(16-10-14(22(26)27)7-9-19(16)30)21(24)23(31)29-18-8-6-13(11-17(18)25)15-4-2-3-5-20(15)34(32)33-28/h2-11,30H,28H2,1H3,(H3,26,27)(H,29,31). The number of aromatic hydroxyl groups is 1. The van der Waals surface area contributed by atoms with Gasteiger partial charge in [-0.1, -0.05) is 24.3 Å². The number of anilines is 1. The average Bonchev–Trinajstić information content (AvgIpc) is 2.83. The molecular formula is C23H20FIN4O4S. The molecule has 0 heterocycles. The van der Waals surface area contributed by atoms with Crippen molar-refractivity contribution in [2.45, 2.75) is 11.8 Å². The molecule has 8 nitrogen and oxygen atoms in total. The summed E-state index contributed by atoms with van der Waals surface area (Å²) >= 11 is 0.139. The molecule has 7 N–H and O–H groups in total. The number of phenols is 1. The van der Waals surface area contributed by atoms with E-state index in [4.69, 9.17) is 17.0 Å². The van der Waals surface area contributed by atoms with Crippen LogP contribution in [0.3, 0.4) is 0 Å². The Morgan fingerprint density at radius 1 is 1.18 bits per heavy atom. The number of benzene rings is 3.